The van der Waals surface area contributed by atoms with Crippen LogP contribution in [0.25, 0.3) is 6.08 Å². The molecule has 0 saturated heterocycles. The van der Waals surface area contributed by atoms with Gasteiger partial charge >= 0.3 is 5.97 Å². The molecule has 1 aromatic rings. The number of hydrogen-bond acceptors (Lipinski definition) is 5. The van der Waals surface area contributed by atoms with Crippen molar-refractivity contribution in [2.24, 2.45) is 0 Å². The highest BCUT2D eigenvalue weighted by molar-refractivity contribution is 5.82. The molecule has 21 heavy (non-hydrogen) atoms. The molecule has 5 nitrogen and oxygen atoms in total. The molecule has 0 radical (unpaired) electrons. The Hall–Kier alpha value is -2.43. The van der Waals surface area contributed by atoms with Crippen LogP contribution in [0.2, 0.25) is 0 Å². The Morgan fingerprint density at radius 2 is 1.76 bits per heavy atom. The Labute approximate surface area is 124 Å². The van der Waals surface area contributed by atoms with Crippen LogP contribution < -0.4 is 9.47 Å². The molecule has 0 amide bonds. The standard InChI is InChI=1S/C16H20O5/c1-11(2)8-15(17)21-7-5-6-12-9-13(19-3)16(18)14(10-12)20-4/h5-6,8-10,18H,7H2,1-4H3. The smallest absolute Gasteiger partial charge is 0.330 e. The van der Waals surface area contributed by atoms with Crippen LogP contribution >= 0.6 is 0 Å². The number of allylic oxidation sites excluding steroid dienone is 1. The number of aromatic hydroxyl groups is 1. The molecule has 0 heterocycles. The molecule has 0 spiro atoms. The highest BCUT2D eigenvalue weighted by atomic mass is 16.5. The van der Waals surface area contributed by atoms with E-state index >= 15 is 0 Å². The van der Waals surface area contributed by atoms with Gasteiger partial charge in [0, 0.05) is 6.08 Å². The minimum Gasteiger partial charge on any atom is -0.502 e. The molecule has 0 bridgehead atoms. The summed E-state index contributed by atoms with van der Waals surface area (Å²) in [5.41, 5.74) is 1.65. The topological polar surface area (TPSA) is 65.0 Å². The molecular formula is C16H20O5. The van der Waals surface area contributed by atoms with E-state index in [9.17, 15) is 9.90 Å². The fourth-order valence-corrected chi connectivity index (χ4v) is 1.60. The summed E-state index contributed by atoms with van der Waals surface area (Å²) in [5, 5.41) is 9.79. The van der Waals surface area contributed by atoms with E-state index in [0.29, 0.717) is 11.5 Å². The highest BCUT2D eigenvalue weighted by Crippen LogP contribution is 2.37. The first-order valence-corrected chi connectivity index (χ1v) is 6.41. The number of carbonyl (C=O) groups excluding carboxylic acids is 1. The first-order chi connectivity index (χ1) is 9.97. The summed E-state index contributed by atoms with van der Waals surface area (Å²) in [6, 6.07) is 3.32. The van der Waals surface area contributed by atoms with Crippen LogP contribution in [-0.2, 0) is 9.53 Å². The van der Waals surface area contributed by atoms with Crippen molar-refractivity contribution in [1.29, 1.82) is 0 Å². The van der Waals surface area contributed by atoms with Gasteiger partial charge in [-0.15, -0.1) is 0 Å². The van der Waals surface area contributed by atoms with Gasteiger partial charge in [0.15, 0.2) is 11.5 Å². The van der Waals surface area contributed by atoms with E-state index in [2.05, 4.69) is 0 Å². The first kappa shape index (κ1) is 16.6. The molecule has 0 aliphatic carbocycles. The average Bonchev–Trinajstić information content (AvgIpc) is 2.44. The number of phenols is 1. The third kappa shape index (κ3) is 5.22. The lowest BCUT2D eigenvalue weighted by atomic mass is 10.1. The molecule has 1 aromatic carbocycles. The van der Waals surface area contributed by atoms with Gasteiger partial charge in [0.05, 0.1) is 14.2 Å². The van der Waals surface area contributed by atoms with E-state index in [1.54, 1.807) is 24.3 Å². The predicted octanol–water partition coefficient (Wildman–Crippen LogP) is 2.93. The molecule has 1 N–H and O–H groups in total. The molecule has 0 aromatic heterocycles. The van der Waals surface area contributed by atoms with Crippen molar-refractivity contribution >= 4 is 12.0 Å². The van der Waals surface area contributed by atoms with Crippen LogP contribution in [0.4, 0.5) is 0 Å². The molecule has 0 atom stereocenters. The van der Waals surface area contributed by atoms with Crippen LogP contribution in [0.5, 0.6) is 17.2 Å². The SMILES string of the molecule is COc1cc(C=CCOC(=O)C=C(C)C)cc(OC)c1O. The van der Waals surface area contributed by atoms with Crippen molar-refractivity contribution in [1.82, 2.24) is 0 Å². The lowest BCUT2D eigenvalue weighted by molar-refractivity contribution is -0.136. The van der Waals surface area contributed by atoms with Gasteiger partial charge in [-0.2, -0.15) is 0 Å². The van der Waals surface area contributed by atoms with E-state index in [4.69, 9.17) is 14.2 Å². The average molecular weight is 292 g/mol. The third-order valence-electron chi connectivity index (χ3n) is 2.54. The molecule has 0 aliphatic rings. The zero-order chi connectivity index (χ0) is 15.8. The fourth-order valence-electron chi connectivity index (χ4n) is 1.60. The van der Waals surface area contributed by atoms with Gasteiger partial charge in [-0.25, -0.2) is 4.79 Å². The Bertz CT molecular complexity index is 529. The number of phenolic OH excluding ortho intramolecular Hbond substituents is 1. The summed E-state index contributed by atoms with van der Waals surface area (Å²) in [6.45, 7) is 3.81. The number of benzene rings is 1. The molecule has 5 heteroatoms. The third-order valence-corrected chi connectivity index (χ3v) is 2.54. The Kier molecular flexibility index (Phi) is 6.33. The van der Waals surface area contributed by atoms with Gasteiger partial charge in [0.25, 0.3) is 0 Å². The van der Waals surface area contributed by atoms with Gasteiger partial charge in [-0.1, -0.05) is 11.6 Å². The van der Waals surface area contributed by atoms with Gasteiger partial charge in [-0.3, -0.25) is 0 Å². The van der Waals surface area contributed by atoms with E-state index in [0.717, 1.165) is 11.1 Å². The second-order valence-corrected chi connectivity index (χ2v) is 4.53. The Balaban J connectivity index is 2.72. The summed E-state index contributed by atoms with van der Waals surface area (Å²) in [6.07, 6.45) is 4.88. The molecule has 0 unspecified atom stereocenters. The van der Waals surface area contributed by atoms with Crippen LogP contribution in [-0.4, -0.2) is 31.9 Å². The van der Waals surface area contributed by atoms with Crippen molar-refractivity contribution in [2.45, 2.75) is 13.8 Å². The van der Waals surface area contributed by atoms with Gasteiger partial charge in [-0.05, 0) is 37.6 Å². The van der Waals surface area contributed by atoms with Gasteiger partial charge < -0.3 is 19.3 Å². The zero-order valence-electron chi connectivity index (χ0n) is 12.7. The maximum absolute atomic E-state index is 11.3. The van der Waals surface area contributed by atoms with Crippen molar-refractivity contribution < 1.29 is 24.1 Å². The second kappa shape index (κ2) is 7.99. The van der Waals surface area contributed by atoms with Crippen molar-refractivity contribution in [3.05, 3.63) is 35.4 Å². The van der Waals surface area contributed by atoms with Gasteiger partial charge in [0.1, 0.15) is 6.61 Å². The Morgan fingerprint density at radius 1 is 1.19 bits per heavy atom. The van der Waals surface area contributed by atoms with Crippen LogP contribution in [0.1, 0.15) is 19.4 Å². The number of esters is 1. The van der Waals surface area contributed by atoms with E-state index in [1.807, 2.05) is 13.8 Å². The Morgan fingerprint density at radius 3 is 2.24 bits per heavy atom. The molecule has 0 saturated carbocycles. The van der Waals surface area contributed by atoms with Crippen LogP contribution in [0.3, 0.4) is 0 Å². The van der Waals surface area contributed by atoms with E-state index in [1.165, 1.54) is 20.3 Å². The van der Waals surface area contributed by atoms with Crippen molar-refractivity contribution in [3.63, 3.8) is 0 Å². The molecule has 0 fully saturated rings. The van der Waals surface area contributed by atoms with Crippen molar-refractivity contribution in [2.75, 3.05) is 20.8 Å². The number of rotatable bonds is 6. The maximum Gasteiger partial charge on any atom is 0.330 e. The molecule has 0 aliphatic heterocycles. The number of carbonyl (C=O) groups is 1. The minimum absolute atomic E-state index is 0.0489. The molecular weight excluding hydrogens is 272 g/mol. The summed E-state index contributed by atoms with van der Waals surface area (Å²) in [5.74, 6) is 0.207. The monoisotopic (exact) mass is 292 g/mol. The summed E-state index contributed by atoms with van der Waals surface area (Å²) in [7, 11) is 2.92. The largest absolute Gasteiger partial charge is 0.502 e. The van der Waals surface area contributed by atoms with E-state index < -0.39 is 0 Å². The van der Waals surface area contributed by atoms with E-state index in [-0.39, 0.29) is 18.3 Å². The quantitative estimate of drug-likeness (QED) is 0.645. The normalized spacial score (nSPS) is 10.3. The first-order valence-electron chi connectivity index (χ1n) is 6.41. The van der Waals surface area contributed by atoms with Crippen LogP contribution in [0.15, 0.2) is 29.9 Å². The second-order valence-electron chi connectivity index (χ2n) is 4.53. The van der Waals surface area contributed by atoms with Gasteiger partial charge in [0.2, 0.25) is 5.75 Å². The lowest BCUT2D eigenvalue weighted by Crippen LogP contribution is -2.00. The lowest BCUT2D eigenvalue weighted by Gasteiger charge is -2.09. The maximum atomic E-state index is 11.3. The van der Waals surface area contributed by atoms with Crippen LogP contribution in [0, 0.1) is 0 Å². The fraction of sp³-hybridized carbons (Fsp3) is 0.312. The number of methoxy groups -OCH3 is 2. The predicted molar refractivity (Wildman–Crippen MR) is 80.6 cm³/mol. The molecule has 1 rings (SSSR count). The number of ether oxygens (including phenoxy) is 3. The summed E-state index contributed by atoms with van der Waals surface area (Å²) < 4.78 is 15.1. The summed E-state index contributed by atoms with van der Waals surface area (Å²) in [4.78, 5) is 11.3. The molecule has 114 valence electrons. The zero-order valence-corrected chi connectivity index (χ0v) is 12.7. The van der Waals surface area contributed by atoms with Crippen molar-refractivity contribution in [3.8, 4) is 17.2 Å². The highest BCUT2D eigenvalue weighted by Gasteiger charge is 2.09. The number of hydrogen-bond donors (Lipinski definition) is 1. The minimum atomic E-state index is -0.375. The summed E-state index contributed by atoms with van der Waals surface area (Å²) >= 11 is 0.